The quantitative estimate of drug-likeness (QED) is 0.0120. The average molecular weight is 1800 g/mol. The van der Waals surface area contributed by atoms with Gasteiger partial charge in [-0.3, -0.25) is 56.7 Å². The van der Waals surface area contributed by atoms with E-state index in [0.29, 0.717) is 19.6 Å². The van der Waals surface area contributed by atoms with Crippen molar-refractivity contribution in [1.82, 2.24) is 57.7 Å². The number of nitrogens with two attached hydrogens (primary N) is 4. The summed E-state index contributed by atoms with van der Waals surface area (Å²) in [7, 11) is 2.34. The van der Waals surface area contributed by atoms with Crippen LogP contribution in [-0.2, 0) is 136 Å². The number of H-pyrrole nitrogens is 3. The minimum absolute atomic E-state index is 0.0150. The molecule has 21 atom stereocenters. The molecular formula is C58H80BrN16O29P4S4-3. The summed E-state index contributed by atoms with van der Waals surface area (Å²) in [6.07, 6.45) is -15.9. The molecule has 112 heavy (non-hydrogen) atoms. The van der Waals surface area contributed by atoms with Gasteiger partial charge in [0, 0.05) is 64.0 Å². The normalized spacial score (nSPS) is 28.9. The van der Waals surface area contributed by atoms with E-state index in [9.17, 15) is 53.0 Å². The Labute approximate surface area is 662 Å². The van der Waals surface area contributed by atoms with E-state index >= 15 is 0 Å². The molecule has 5 fully saturated rings. The highest BCUT2D eigenvalue weighted by molar-refractivity contribution is 9.10. The number of aromatic amines is 3. The van der Waals surface area contributed by atoms with Crippen LogP contribution in [0.2, 0.25) is 0 Å². The van der Waals surface area contributed by atoms with Crippen molar-refractivity contribution in [3.8, 4) is 0 Å². The van der Waals surface area contributed by atoms with E-state index in [1.165, 1.54) is 60.2 Å². The lowest BCUT2D eigenvalue weighted by Crippen LogP contribution is -2.41. The predicted molar refractivity (Wildman–Crippen MR) is 402 cm³/mol. The summed E-state index contributed by atoms with van der Waals surface area (Å²) in [5.74, 6) is -0.745. The monoisotopic (exact) mass is 1800 g/mol. The van der Waals surface area contributed by atoms with Gasteiger partial charge in [-0.2, -0.15) is 15.0 Å². The fourth-order valence-corrected chi connectivity index (χ4v) is 19.7. The molecule has 5 aliphatic heterocycles. The van der Waals surface area contributed by atoms with Crippen LogP contribution >= 0.6 is 42.9 Å². The van der Waals surface area contributed by atoms with Crippen LogP contribution in [0.4, 0.5) is 17.6 Å². The van der Waals surface area contributed by atoms with Gasteiger partial charge in [0.25, 0.3) is 16.7 Å². The van der Waals surface area contributed by atoms with Gasteiger partial charge in [-0.25, -0.2) is 24.2 Å². The molecule has 54 heteroatoms. The van der Waals surface area contributed by atoms with Gasteiger partial charge in [0.2, 0.25) is 5.95 Å². The number of nitrogens with one attached hydrogen (secondary N) is 3. The molecule has 0 aliphatic carbocycles. The van der Waals surface area contributed by atoms with Crippen molar-refractivity contribution in [1.29, 1.82) is 0 Å². The van der Waals surface area contributed by atoms with Crippen LogP contribution in [0.3, 0.4) is 0 Å². The summed E-state index contributed by atoms with van der Waals surface area (Å²) >= 11 is 25.7. The zero-order chi connectivity index (χ0) is 80.9. The van der Waals surface area contributed by atoms with Gasteiger partial charge in [0.05, 0.1) is 95.2 Å². The van der Waals surface area contributed by atoms with Crippen LogP contribution in [-0.4, -0.2) is 217 Å². The van der Waals surface area contributed by atoms with Crippen LogP contribution < -0.4 is 72.2 Å². The summed E-state index contributed by atoms with van der Waals surface area (Å²) in [4.78, 5) is 143. The number of aryl methyl sites for hydroxylation is 1. The van der Waals surface area contributed by atoms with Crippen molar-refractivity contribution in [2.75, 3.05) is 104 Å². The first kappa shape index (κ1) is 87.8. The average Bonchev–Trinajstić information content (AvgIpc) is 1.65. The lowest BCUT2D eigenvalue weighted by molar-refractivity contribution is -0.218. The van der Waals surface area contributed by atoms with E-state index in [0.717, 1.165) is 27.0 Å². The van der Waals surface area contributed by atoms with Crippen LogP contribution in [0.1, 0.15) is 69.8 Å². The molecule has 5 aliphatic rings. The first-order valence-corrected chi connectivity index (χ1v) is 45.2. The highest BCUT2D eigenvalue weighted by atomic mass is 79.9. The Bertz CT molecular complexity index is 4970. The maximum absolute atomic E-state index is 15.0. The molecule has 0 spiro atoms. The van der Waals surface area contributed by atoms with Crippen molar-refractivity contribution >= 4 is 119 Å². The van der Waals surface area contributed by atoms with Crippen molar-refractivity contribution in [2.24, 2.45) is 17.6 Å². The Morgan fingerprint density at radius 2 is 1.15 bits per heavy atom. The van der Waals surface area contributed by atoms with Crippen molar-refractivity contribution in [3.05, 3.63) is 126 Å². The standard InChI is InChI=1S/C58H83BrN16O29P4S4/c1-27(2)29-16-40(71-9-6-38(61)65-55(71)80)96-34(29)22-95-108(112,91-15-14-90-13-12-89-11-8-60)102-32-18-41(73-19-28(3)49(77)69-57(73)82)97-36(32)24-92-105(84,109)101-31-17-42(75-26-64-43-48(75)67-54(63)68-51(43)79)98-35(31)23-93-106(85,110)104-45-37(100-52(47(45)88-5)72-10-7-39(62)66-56(72)81)25-94-107(86,111)103-44-33(21-76)99-53(46(44)87-4)74-20-30(59)50(78)70-58(74)83/h6-7,9-10,19-20,26-27,29,31-37,40-42,44-47,52-53,76H,8,11-18,21-25,60H2,1-5H3,(H,84,109)(H,85,110)(H,86,111)(H2,61,65,80)(H2,62,66,81)(H,69,77,82)(H,70,78,83)(H3,63,67,68,79)/p-3/t29?,31?,32?,33-,34-,35-,36-,37-,40-,41-,42-,44?,45?,46+,47+,52-,53-,105?,106?,107?,108?/m1/s1. The largest absolute Gasteiger partial charge is 0.780 e. The Morgan fingerprint density at radius 1 is 0.616 bits per heavy atom. The molecule has 9 unspecified atom stereocenters. The SMILES string of the molecule is CO[C@H]1C(OP(=O)([S-])OC[C@H]2O[C@@H](n3cnc4c(=O)[nH]c(N)nc43)CC2OP([O-])(=S)OC[C@H]2O[C@@H](n3cc(C)c(=O)[nH]c3=O)CC2OP(=S)(OCCOCCOCCN)OC[C@H]2O[C@@H](n3ccc(N)nc3=O)CC2C(C)C)[C@@H](COP([O-])(=S)OC2[C@@H](CO)O[C@@H](n3cc(Br)c(=O)[nH]c3=O)[C@H]2OC)O[C@H]1n1ccc(N)nc1=O. The molecule has 0 aromatic carbocycles. The summed E-state index contributed by atoms with van der Waals surface area (Å²) in [5.41, 5.74) is 17.3. The topological polar surface area (TPSA) is 597 Å². The summed E-state index contributed by atoms with van der Waals surface area (Å²) < 4.78 is 129. The number of aromatic nitrogens is 12. The van der Waals surface area contributed by atoms with Crippen LogP contribution in [0.5, 0.6) is 0 Å². The van der Waals surface area contributed by atoms with E-state index in [1.807, 2.05) is 13.8 Å². The number of nitrogens with zero attached hydrogens (tertiary/aromatic N) is 9. The molecule has 620 valence electrons. The zero-order valence-electron chi connectivity index (χ0n) is 59.8. The van der Waals surface area contributed by atoms with Crippen molar-refractivity contribution in [3.63, 3.8) is 0 Å². The molecule has 11 heterocycles. The van der Waals surface area contributed by atoms with Crippen molar-refractivity contribution in [2.45, 2.75) is 138 Å². The molecular weight excluding hydrogens is 1720 g/mol. The molecule has 11 rings (SSSR count). The fraction of sp³-hybridized carbons (Fsp3) is 0.638. The number of ether oxygens (including phenoxy) is 9. The Kier molecular flexibility index (Phi) is 29.6. The van der Waals surface area contributed by atoms with Crippen LogP contribution in [0, 0.1) is 18.8 Å². The number of hydrogen-bond acceptors (Lipinski definition) is 41. The van der Waals surface area contributed by atoms with Gasteiger partial charge in [-0.15, -0.1) is 0 Å². The van der Waals surface area contributed by atoms with Gasteiger partial charge in [-0.1, -0.05) is 37.5 Å². The molecule has 6 aromatic rings. The molecule has 0 radical (unpaired) electrons. The third-order valence-electron chi connectivity index (χ3n) is 18.2. The Morgan fingerprint density at radius 3 is 1.79 bits per heavy atom. The van der Waals surface area contributed by atoms with E-state index < -0.39 is 191 Å². The number of rotatable bonds is 38. The van der Waals surface area contributed by atoms with Crippen molar-refractivity contribution < 1.29 is 103 Å². The number of hydrogen-bond donors (Lipinski definition) is 8. The number of aliphatic hydroxyl groups excluding tert-OH is 1. The number of anilines is 3. The number of nitrogen functional groups attached to an aromatic ring is 3. The summed E-state index contributed by atoms with van der Waals surface area (Å²) in [6.45, 7) is -16.4. The van der Waals surface area contributed by atoms with Gasteiger partial charge < -0.3 is 133 Å². The second-order valence-electron chi connectivity index (χ2n) is 25.9. The number of methoxy groups -OCH3 is 2. The molecule has 0 amide bonds. The van der Waals surface area contributed by atoms with E-state index in [-0.39, 0.29) is 96.5 Å². The minimum atomic E-state index is -5.03. The van der Waals surface area contributed by atoms with Crippen LogP contribution in [0.25, 0.3) is 11.2 Å². The summed E-state index contributed by atoms with van der Waals surface area (Å²) in [6, 6.07) is 2.70. The van der Waals surface area contributed by atoms with Gasteiger partial charge in [0.15, 0.2) is 30.4 Å². The number of imidazole rings is 1. The molecule has 0 bridgehead atoms. The predicted octanol–water partition coefficient (Wildman–Crippen LogP) is -1.83. The Balaban J connectivity index is 0.835. The second kappa shape index (κ2) is 37.7. The molecule has 5 saturated heterocycles. The number of halogens is 1. The maximum atomic E-state index is 15.0. The second-order valence-corrected chi connectivity index (χ2v) is 37.9. The molecule has 45 nitrogen and oxygen atoms in total. The van der Waals surface area contributed by atoms with Gasteiger partial charge in [0.1, 0.15) is 92.6 Å². The minimum Gasteiger partial charge on any atom is -0.780 e. The van der Waals surface area contributed by atoms with Gasteiger partial charge >= 0.3 is 29.5 Å². The number of aliphatic hydroxyl groups is 1. The van der Waals surface area contributed by atoms with E-state index in [1.54, 1.807) is 0 Å². The summed E-state index contributed by atoms with van der Waals surface area (Å²) in [5, 5.41) is 10.4. The first-order chi connectivity index (χ1) is 53.1. The highest BCUT2D eigenvalue weighted by Gasteiger charge is 2.52. The molecule has 0 saturated carbocycles. The Hall–Kier alpha value is -5.00. The third kappa shape index (κ3) is 21.3. The third-order valence-corrected chi connectivity index (χ3v) is 25.8. The van der Waals surface area contributed by atoms with Gasteiger partial charge in [-0.05, 0) is 65.0 Å². The lowest BCUT2D eigenvalue weighted by atomic mass is 9.89. The zero-order valence-corrected chi connectivity index (χ0v) is 68.3. The molecule has 6 aromatic heterocycles. The smallest absolute Gasteiger partial charge is 0.351 e. The fourth-order valence-electron chi connectivity index (χ4n) is 12.9. The lowest BCUT2D eigenvalue weighted by Gasteiger charge is -2.36. The van der Waals surface area contributed by atoms with E-state index in [4.69, 9.17) is 154 Å². The number of fused-ring (bicyclic) bond motifs is 1. The highest BCUT2D eigenvalue weighted by Crippen LogP contribution is 2.57. The maximum Gasteiger partial charge on any atom is 0.351 e. The first-order valence-electron chi connectivity index (χ1n) is 34.1. The van der Waals surface area contributed by atoms with E-state index in [2.05, 4.69) is 50.8 Å². The van der Waals surface area contributed by atoms with Crippen LogP contribution in [0.15, 0.2) is 81.3 Å². The molecule has 12 N–H and O–H groups in total.